The first-order valence-electron chi connectivity index (χ1n) is 6.61. The van der Waals surface area contributed by atoms with Gasteiger partial charge >= 0.3 is 0 Å². The highest BCUT2D eigenvalue weighted by atomic mass is 32.2. The van der Waals surface area contributed by atoms with Gasteiger partial charge in [-0.05, 0) is 27.7 Å². The number of nitrogens with one attached hydrogen (secondary N) is 2. The van der Waals surface area contributed by atoms with Crippen LogP contribution in [0.25, 0.3) is 0 Å². The van der Waals surface area contributed by atoms with Crippen LogP contribution in [-0.2, 0) is 30.7 Å². The van der Waals surface area contributed by atoms with E-state index in [2.05, 4.69) is 29.8 Å². The van der Waals surface area contributed by atoms with Crippen molar-refractivity contribution in [2.45, 2.75) is 35.1 Å². The standard InChI is InChI=1S/2C6H10N2O3S.CH4/c1-4-5(2)10-7-6(4)8-11-12(3)9;1-4-5(2)7-10-6(4)8-11-12(3)9;/h1-3H3,(H,7,8);8H,1-3H3;1H4. The number of anilines is 2. The van der Waals surface area contributed by atoms with Gasteiger partial charge in [-0.25, -0.2) is 19.4 Å². The van der Waals surface area contributed by atoms with E-state index in [0.717, 1.165) is 16.8 Å². The summed E-state index contributed by atoms with van der Waals surface area (Å²) >= 11 is -2.72. The summed E-state index contributed by atoms with van der Waals surface area (Å²) in [5.41, 5.74) is 7.31. The Morgan fingerprint density at radius 3 is 1.84 bits per heavy atom. The van der Waals surface area contributed by atoms with Crippen LogP contribution in [0.4, 0.5) is 11.7 Å². The topological polar surface area (TPSA) is 129 Å². The van der Waals surface area contributed by atoms with Gasteiger partial charge in [0.25, 0.3) is 5.88 Å². The van der Waals surface area contributed by atoms with Gasteiger partial charge in [0.15, 0.2) is 28.0 Å². The van der Waals surface area contributed by atoms with Gasteiger partial charge in [-0.15, -0.1) is 0 Å². The van der Waals surface area contributed by atoms with Gasteiger partial charge in [0.05, 0.1) is 5.69 Å². The fourth-order valence-corrected chi connectivity index (χ4v) is 1.61. The minimum Gasteiger partial charge on any atom is -0.359 e. The van der Waals surface area contributed by atoms with Gasteiger partial charge in [-0.1, -0.05) is 17.7 Å². The predicted molar refractivity (Wildman–Crippen MR) is 96.2 cm³/mol. The smallest absolute Gasteiger partial charge is 0.252 e. The zero-order chi connectivity index (χ0) is 18.3. The lowest BCUT2D eigenvalue weighted by molar-refractivity contribution is 0.367. The molecule has 0 saturated heterocycles. The quantitative estimate of drug-likeness (QED) is 0.702. The van der Waals surface area contributed by atoms with Crippen molar-refractivity contribution in [3.63, 3.8) is 0 Å². The van der Waals surface area contributed by atoms with Crippen molar-refractivity contribution in [2.24, 2.45) is 0 Å². The maximum Gasteiger partial charge on any atom is 0.252 e. The molecule has 10 nitrogen and oxygen atoms in total. The Morgan fingerprint density at radius 2 is 1.44 bits per heavy atom. The normalized spacial score (nSPS) is 12.4. The van der Waals surface area contributed by atoms with E-state index in [1.807, 2.05) is 20.8 Å². The lowest BCUT2D eigenvalue weighted by atomic mass is 10.3. The number of rotatable bonds is 6. The van der Waals surface area contributed by atoms with Gasteiger partial charge in [0.2, 0.25) is 0 Å². The Labute approximate surface area is 151 Å². The van der Waals surface area contributed by atoms with Crippen LogP contribution in [0.1, 0.15) is 30.0 Å². The van der Waals surface area contributed by atoms with Gasteiger partial charge < -0.3 is 9.05 Å². The molecule has 25 heavy (non-hydrogen) atoms. The fraction of sp³-hybridized carbons (Fsp3) is 0.538. The van der Waals surface area contributed by atoms with E-state index in [-0.39, 0.29) is 7.43 Å². The average molecular weight is 396 g/mol. The largest absolute Gasteiger partial charge is 0.359 e. The highest BCUT2D eigenvalue weighted by molar-refractivity contribution is 7.79. The van der Waals surface area contributed by atoms with Crippen LogP contribution in [0.5, 0.6) is 0 Å². The monoisotopic (exact) mass is 396 g/mol. The third-order valence-electron chi connectivity index (χ3n) is 2.82. The molecule has 0 aliphatic carbocycles. The highest BCUT2D eigenvalue weighted by Gasteiger charge is 2.08. The van der Waals surface area contributed by atoms with Crippen molar-refractivity contribution in [3.05, 3.63) is 22.6 Å². The molecule has 12 heteroatoms. The minimum absolute atomic E-state index is 0. The molecule has 2 rings (SSSR count). The molecule has 0 aliphatic rings. The summed E-state index contributed by atoms with van der Waals surface area (Å²) in [6.45, 7) is 7.26. The second-order valence-corrected chi connectivity index (χ2v) is 6.55. The van der Waals surface area contributed by atoms with Crippen LogP contribution >= 0.6 is 0 Å². The van der Waals surface area contributed by atoms with E-state index in [1.54, 1.807) is 6.92 Å². The van der Waals surface area contributed by atoms with E-state index in [9.17, 15) is 8.42 Å². The fourth-order valence-electron chi connectivity index (χ4n) is 1.22. The molecule has 0 fully saturated rings. The zero-order valence-corrected chi connectivity index (χ0v) is 15.8. The second kappa shape index (κ2) is 11.0. The first-order valence-corrected chi connectivity index (χ1v) is 9.58. The van der Waals surface area contributed by atoms with Crippen molar-refractivity contribution < 1.29 is 26.0 Å². The molecule has 2 aromatic rings. The van der Waals surface area contributed by atoms with Crippen LogP contribution in [0.15, 0.2) is 9.05 Å². The summed E-state index contributed by atoms with van der Waals surface area (Å²) in [6.07, 6.45) is 2.82. The van der Waals surface area contributed by atoms with Crippen molar-refractivity contribution in [3.8, 4) is 0 Å². The van der Waals surface area contributed by atoms with Gasteiger partial charge in [0.1, 0.15) is 5.76 Å². The molecule has 2 heterocycles. The molecule has 2 aromatic heterocycles. The van der Waals surface area contributed by atoms with Gasteiger partial charge in [-0.3, -0.25) is 0 Å². The van der Waals surface area contributed by atoms with E-state index in [4.69, 9.17) is 9.05 Å². The maximum atomic E-state index is 10.5. The van der Waals surface area contributed by atoms with E-state index in [1.165, 1.54) is 12.5 Å². The van der Waals surface area contributed by atoms with Crippen molar-refractivity contribution in [1.82, 2.24) is 10.3 Å². The summed E-state index contributed by atoms with van der Waals surface area (Å²) in [7, 11) is 0. The molecule has 0 aliphatic heterocycles. The Hall–Kier alpha value is -1.76. The number of hydrogen-bond acceptors (Lipinski definition) is 10. The summed E-state index contributed by atoms with van der Waals surface area (Å²) in [4.78, 5) is 0. The molecule has 0 aromatic carbocycles. The lowest BCUT2D eigenvalue weighted by Gasteiger charge is -1.98. The number of hydrogen-bond donors (Lipinski definition) is 2. The molecule has 0 amide bonds. The zero-order valence-electron chi connectivity index (χ0n) is 14.2. The van der Waals surface area contributed by atoms with Crippen molar-refractivity contribution >= 4 is 33.9 Å². The van der Waals surface area contributed by atoms with Gasteiger partial charge in [0, 0.05) is 23.6 Å². The van der Waals surface area contributed by atoms with Crippen LogP contribution in [0.2, 0.25) is 0 Å². The Morgan fingerprint density at radius 1 is 0.880 bits per heavy atom. The predicted octanol–water partition coefficient (Wildman–Crippen LogP) is 2.49. The summed E-state index contributed by atoms with van der Waals surface area (Å²) in [6, 6.07) is 0. The van der Waals surface area contributed by atoms with E-state index >= 15 is 0 Å². The molecular weight excluding hydrogens is 372 g/mol. The highest BCUT2D eigenvalue weighted by Crippen LogP contribution is 2.17. The van der Waals surface area contributed by atoms with E-state index < -0.39 is 22.2 Å². The molecule has 0 radical (unpaired) electrons. The summed E-state index contributed by atoms with van der Waals surface area (Å²) in [5, 5.41) is 7.32. The third kappa shape index (κ3) is 7.77. The molecule has 0 bridgehead atoms. The van der Waals surface area contributed by atoms with Crippen molar-refractivity contribution in [1.29, 1.82) is 0 Å². The van der Waals surface area contributed by atoms with Crippen LogP contribution in [0.3, 0.4) is 0 Å². The SMILES string of the molecule is C.Cc1noc(NOS(C)=O)c1C.Cc1onc(NOS(C)=O)c1C. The molecule has 0 saturated carbocycles. The molecule has 144 valence electrons. The first kappa shape index (κ1) is 23.2. The summed E-state index contributed by atoms with van der Waals surface area (Å²) < 4.78 is 39.9. The molecular formula is C13H24N4O6S2. The van der Waals surface area contributed by atoms with Gasteiger partial charge in [-0.2, -0.15) is 8.57 Å². The van der Waals surface area contributed by atoms with E-state index in [0.29, 0.717) is 17.5 Å². The molecule has 0 spiro atoms. The Balaban J connectivity index is 0.000000443. The number of nitrogens with zero attached hydrogens (tertiary/aromatic N) is 2. The number of aromatic nitrogens is 2. The first-order chi connectivity index (χ1) is 11.2. The van der Waals surface area contributed by atoms with Crippen molar-refractivity contribution in [2.75, 3.05) is 23.5 Å². The molecule has 2 atom stereocenters. The number of aryl methyl sites for hydroxylation is 2. The molecule has 2 unspecified atom stereocenters. The van der Waals surface area contributed by atoms with Crippen LogP contribution in [-0.4, -0.2) is 31.2 Å². The second-order valence-electron chi connectivity index (χ2n) is 4.61. The third-order valence-corrected chi connectivity index (χ3v) is 3.46. The Bertz CT molecular complexity index is 655. The van der Waals surface area contributed by atoms with Crippen LogP contribution < -0.4 is 11.0 Å². The van der Waals surface area contributed by atoms with Crippen LogP contribution in [0, 0.1) is 27.7 Å². The minimum atomic E-state index is -1.36. The lowest BCUT2D eigenvalue weighted by Crippen LogP contribution is -2.03. The Kier molecular flexibility index (Phi) is 10.2. The summed E-state index contributed by atoms with van der Waals surface area (Å²) in [5.74, 6) is 1.56. The molecule has 2 N–H and O–H groups in total. The maximum absolute atomic E-state index is 10.5. The average Bonchev–Trinajstić information content (AvgIpc) is 3.00.